The molecule has 0 aliphatic rings. The van der Waals surface area contributed by atoms with Crippen LogP contribution in [0.3, 0.4) is 0 Å². The van der Waals surface area contributed by atoms with E-state index in [2.05, 4.69) is 0 Å². The maximum absolute atomic E-state index is 13.1. The van der Waals surface area contributed by atoms with E-state index in [0.717, 1.165) is 0 Å². The summed E-state index contributed by atoms with van der Waals surface area (Å²) >= 11 is 0. The number of hydrogen-bond acceptors (Lipinski definition) is 6. The predicted molar refractivity (Wildman–Crippen MR) is 87.3 cm³/mol. The van der Waals surface area contributed by atoms with Gasteiger partial charge in [-0.05, 0) is 30.3 Å². The van der Waals surface area contributed by atoms with Gasteiger partial charge in [0.1, 0.15) is 28.6 Å². The van der Waals surface area contributed by atoms with Crippen molar-refractivity contribution in [3.63, 3.8) is 0 Å². The normalized spacial score (nSPS) is 10.0. The van der Waals surface area contributed by atoms with Gasteiger partial charge in [0.25, 0.3) is 0 Å². The van der Waals surface area contributed by atoms with E-state index < -0.39 is 5.78 Å². The molecule has 6 nitrogen and oxygen atoms in total. The molecule has 2 rings (SSSR count). The van der Waals surface area contributed by atoms with Gasteiger partial charge in [-0.2, -0.15) is 0 Å². The summed E-state index contributed by atoms with van der Waals surface area (Å²) in [6, 6.07) is 7.85. The molecule has 1 radical (unpaired) electrons. The van der Waals surface area contributed by atoms with Crippen molar-refractivity contribution < 1.29 is 28.5 Å². The van der Waals surface area contributed by atoms with Gasteiger partial charge >= 0.3 is 0 Å². The first kappa shape index (κ1) is 17.3. The molecule has 0 saturated carbocycles. The summed E-state index contributed by atoms with van der Waals surface area (Å²) in [6.45, 7) is 0. The van der Waals surface area contributed by atoms with Gasteiger partial charge in [-0.25, -0.2) is 0 Å². The van der Waals surface area contributed by atoms with Gasteiger partial charge in [-0.1, -0.05) is 0 Å². The van der Waals surface area contributed by atoms with Gasteiger partial charge in [-0.15, -0.1) is 0 Å². The molecule has 0 aromatic heterocycles. The van der Waals surface area contributed by atoms with E-state index in [1.807, 2.05) is 0 Å². The van der Waals surface area contributed by atoms with Crippen molar-refractivity contribution in [2.75, 3.05) is 28.4 Å². The third-order valence-electron chi connectivity index (χ3n) is 3.53. The van der Waals surface area contributed by atoms with Crippen LogP contribution in [-0.4, -0.2) is 40.5 Å². The smallest absolute Gasteiger partial charge is 0.237 e. The minimum Gasteiger partial charge on any atom is -0.497 e. The Hall–Kier alpha value is -3.02. The zero-order chi connectivity index (χ0) is 17.7. The van der Waals surface area contributed by atoms with Crippen LogP contribution in [0.15, 0.2) is 30.3 Å². The largest absolute Gasteiger partial charge is 0.497 e. The predicted octanol–water partition coefficient (Wildman–Crippen LogP) is 2.41. The minimum absolute atomic E-state index is 0.0965. The number of rotatable bonds is 7. The molecule has 0 atom stereocenters. The number of ketones is 1. The number of carbonyl (C=O) groups excluding carboxylic acids is 2. The van der Waals surface area contributed by atoms with E-state index >= 15 is 0 Å². The van der Waals surface area contributed by atoms with Gasteiger partial charge in [0, 0.05) is 0 Å². The van der Waals surface area contributed by atoms with E-state index in [1.165, 1.54) is 40.6 Å². The van der Waals surface area contributed by atoms with Crippen LogP contribution in [0.2, 0.25) is 0 Å². The summed E-state index contributed by atoms with van der Waals surface area (Å²) in [5.74, 6) is 0.817. The lowest BCUT2D eigenvalue weighted by atomic mass is 9.98. The zero-order valence-corrected chi connectivity index (χ0v) is 13.8. The average molecular weight is 329 g/mol. The summed E-state index contributed by atoms with van der Waals surface area (Å²) in [5.41, 5.74) is 0.507. The summed E-state index contributed by atoms with van der Waals surface area (Å²) in [6.07, 6.45) is 1.76. The standard InChI is InChI=1S/C18H17O6/c1-21-12-6-8-14(22-2)13(9-12)17(20)16-15(23-3)7-5-11(10-19)18(16)24-4/h5-9H,1-4H3. The third kappa shape index (κ3) is 3.03. The first-order valence-electron chi connectivity index (χ1n) is 7.01. The summed E-state index contributed by atoms with van der Waals surface area (Å²) in [7, 11) is 5.76. The Morgan fingerprint density at radius 1 is 0.875 bits per heavy atom. The van der Waals surface area contributed by atoms with Crippen LogP contribution >= 0.6 is 0 Å². The molecule has 125 valence electrons. The van der Waals surface area contributed by atoms with Crippen molar-refractivity contribution in [1.29, 1.82) is 0 Å². The van der Waals surface area contributed by atoms with Crippen molar-refractivity contribution in [2.45, 2.75) is 0 Å². The summed E-state index contributed by atoms with van der Waals surface area (Å²) in [5, 5.41) is 0. The van der Waals surface area contributed by atoms with E-state index in [1.54, 1.807) is 24.5 Å². The molecule has 2 aromatic carbocycles. The molecule has 0 aliphatic heterocycles. The first-order valence-corrected chi connectivity index (χ1v) is 7.01. The quantitative estimate of drug-likeness (QED) is 0.727. The van der Waals surface area contributed by atoms with Gasteiger partial charge in [0.2, 0.25) is 12.1 Å². The van der Waals surface area contributed by atoms with E-state index in [4.69, 9.17) is 18.9 Å². The summed E-state index contributed by atoms with van der Waals surface area (Å²) < 4.78 is 20.9. The second-order valence-electron chi connectivity index (χ2n) is 4.72. The van der Waals surface area contributed by atoms with Gasteiger partial charge in [-0.3, -0.25) is 9.59 Å². The maximum atomic E-state index is 13.1. The van der Waals surface area contributed by atoms with Crippen LogP contribution in [0.25, 0.3) is 0 Å². The van der Waals surface area contributed by atoms with Crippen LogP contribution in [0, 0.1) is 0 Å². The first-order chi connectivity index (χ1) is 11.6. The SMILES string of the molecule is COc1ccc(OC)c(C(=O)c2c(OC)ccc([C]=O)c2OC)c1. The van der Waals surface area contributed by atoms with Crippen LogP contribution < -0.4 is 18.9 Å². The van der Waals surface area contributed by atoms with E-state index in [-0.39, 0.29) is 28.2 Å². The van der Waals surface area contributed by atoms with E-state index in [0.29, 0.717) is 11.5 Å². The van der Waals surface area contributed by atoms with Gasteiger partial charge in [0.15, 0.2) is 0 Å². The molecule has 0 fully saturated rings. The second kappa shape index (κ2) is 7.50. The Labute approximate surface area is 139 Å². The lowest BCUT2D eigenvalue weighted by Gasteiger charge is -2.15. The van der Waals surface area contributed by atoms with Crippen molar-refractivity contribution in [2.24, 2.45) is 0 Å². The monoisotopic (exact) mass is 329 g/mol. The van der Waals surface area contributed by atoms with Crippen molar-refractivity contribution >= 4 is 12.1 Å². The number of carbonyl (C=O) groups is 1. The lowest BCUT2D eigenvalue weighted by Crippen LogP contribution is -2.10. The summed E-state index contributed by atoms with van der Waals surface area (Å²) in [4.78, 5) is 24.2. The molecule has 0 N–H and O–H groups in total. The Morgan fingerprint density at radius 2 is 1.54 bits per heavy atom. The van der Waals surface area contributed by atoms with Crippen LogP contribution in [0.1, 0.15) is 21.5 Å². The fourth-order valence-corrected chi connectivity index (χ4v) is 2.37. The number of hydrogen-bond donors (Lipinski definition) is 0. The molecule has 24 heavy (non-hydrogen) atoms. The third-order valence-corrected chi connectivity index (χ3v) is 3.53. The molecule has 0 amide bonds. The Morgan fingerprint density at radius 3 is 2.08 bits per heavy atom. The molecule has 0 saturated heterocycles. The topological polar surface area (TPSA) is 71.1 Å². The molecule has 0 bridgehead atoms. The van der Waals surface area contributed by atoms with Crippen molar-refractivity contribution in [3.05, 3.63) is 47.0 Å². The van der Waals surface area contributed by atoms with Crippen LogP contribution in [0.4, 0.5) is 0 Å². The maximum Gasteiger partial charge on any atom is 0.237 e. The highest BCUT2D eigenvalue weighted by atomic mass is 16.5. The average Bonchev–Trinajstić information content (AvgIpc) is 2.65. The van der Waals surface area contributed by atoms with E-state index in [9.17, 15) is 9.59 Å². The second-order valence-corrected chi connectivity index (χ2v) is 4.72. The van der Waals surface area contributed by atoms with Gasteiger partial charge in [0.05, 0.1) is 39.6 Å². The fraction of sp³-hybridized carbons (Fsp3) is 0.222. The molecule has 0 spiro atoms. The fourth-order valence-electron chi connectivity index (χ4n) is 2.37. The molecule has 0 unspecified atom stereocenters. The molecule has 6 heteroatoms. The number of benzene rings is 2. The Balaban J connectivity index is 2.71. The molecular formula is C18H17O6. The lowest BCUT2D eigenvalue weighted by molar-refractivity contribution is 0.102. The van der Waals surface area contributed by atoms with Gasteiger partial charge < -0.3 is 18.9 Å². The minimum atomic E-state index is -0.420. The van der Waals surface area contributed by atoms with Crippen molar-refractivity contribution in [3.8, 4) is 23.0 Å². The highest BCUT2D eigenvalue weighted by Gasteiger charge is 2.25. The molecule has 0 heterocycles. The number of methoxy groups -OCH3 is 4. The Kier molecular flexibility index (Phi) is 5.42. The van der Waals surface area contributed by atoms with Crippen molar-refractivity contribution in [1.82, 2.24) is 0 Å². The molecule has 0 aliphatic carbocycles. The number of ether oxygens (including phenoxy) is 4. The van der Waals surface area contributed by atoms with Crippen LogP contribution in [-0.2, 0) is 4.79 Å². The Bertz CT molecular complexity index is 766. The highest BCUT2D eigenvalue weighted by Crippen LogP contribution is 2.36. The molecule has 2 aromatic rings. The highest BCUT2D eigenvalue weighted by molar-refractivity contribution is 6.15. The zero-order valence-electron chi connectivity index (χ0n) is 13.8. The molecular weight excluding hydrogens is 312 g/mol. The van der Waals surface area contributed by atoms with Crippen LogP contribution in [0.5, 0.6) is 23.0 Å².